The van der Waals surface area contributed by atoms with Gasteiger partial charge in [0.05, 0.1) is 12.1 Å². The molecule has 8 heteroatoms. The van der Waals surface area contributed by atoms with Crippen LogP contribution in [0.2, 0.25) is 0 Å². The highest BCUT2D eigenvalue weighted by Crippen LogP contribution is 2.19. The molecule has 1 amide bonds. The molecule has 0 aliphatic carbocycles. The molecule has 1 saturated heterocycles. The predicted molar refractivity (Wildman–Crippen MR) is 87.7 cm³/mol. The molecule has 3 heterocycles. The number of anilines is 1. The van der Waals surface area contributed by atoms with Crippen LogP contribution < -0.4 is 4.90 Å². The summed E-state index contributed by atoms with van der Waals surface area (Å²) in [6, 6.07) is 7.03. The van der Waals surface area contributed by atoms with E-state index < -0.39 is 4.92 Å². The zero-order valence-corrected chi connectivity index (χ0v) is 13.2. The first-order valence-corrected chi connectivity index (χ1v) is 8.17. The van der Waals surface area contributed by atoms with Gasteiger partial charge < -0.3 is 19.9 Å². The fraction of sp³-hybridized carbons (Fsp3) is 0.333. The van der Waals surface area contributed by atoms with Crippen LogP contribution in [0.4, 0.5) is 11.5 Å². The molecule has 1 fully saturated rings. The summed E-state index contributed by atoms with van der Waals surface area (Å²) >= 11 is 1.60. The number of hydrogen-bond donors (Lipinski definition) is 0. The first-order valence-electron chi connectivity index (χ1n) is 7.29. The van der Waals surface area contributed by atoms with E-state index in [0.717, 1.165) is 10.6 Å². The molecule has 0 bridgehead atoms. The van der Waals surface area contributed by atoms with Crippen molar-refractivity contribution < 1.29 is 9.72 Å². The maximum absolute atomic E-state index is 12.3. The third-order valence-electron chi connectivity index (χ3n) is 3.82. The third kappa shape index (κ3) is 3.65. The number of carbonyl (C=O) groups excluding carboxylic acids is 1. The summed E-state index contributed by atoms with van der Waals surface area (Å²) in [6.07, 6.45) is 1.97. The van der Waals surface area contributed by atoms with Crippen molar-refractivity contribution >= 4 is 28.7 Å². The second-order valence-electron chi connectivity index (χ2n) is 5.26. The normalized spacial score (nSPS) is 14.8. The Morgan fingerprint density at radius 1 is 1.26 bits per heavy atom. The lowest BCUT2D eigenvalue weighted by molar-refractivity contribution is -0.389. The molecule has 0 spiro atoms. The summed E-state index contributed by atoms with van der Waals surface area (Å²) in [6.45, 7) is 2.72. The third-order valence-corrected chi connectivity index (χ3v) is 4.70. The van der Waals surface area contributed by atoms with Crippen LogP contribution in [-0.4, -0.2) is 46.9 Å². The molecule has 1 aliphatic rings. The van der Waals surface area contributed by atoms with Crippen LogP contribution in [0.3, 0.4) is 0 Å². The summed E-state index contributed by atoms with van der Waals surface area (Å²) in [5, 5.41) is 12.6. The number of piperazine rings is 1. The fourth-order valence-corrected chi connectivity index (χ4v) is 3.26. The van der Waals surface area contributed by atoms with E-state index >= 15 is 0 Å². The van der Waals surface area contributed by atoms with Gasteiger partial charge in [0, 0.05) is 37.1 Å². The van der Waals surface area contributed by atoms with Crippen molar-refractivity contribution in [3.63, 3.8) is 0 Å². The van der Waals surface area contributed by atoms with Gasteiger partial charge in [0.15, 0.2) is 6.20 Å². The van der Waals surface area contributed by atoms with Gasteiger partial charge in [0.2, 0.25) is 5.91 Å². The Morgan fingerprint density at radius 2 is 2.04 bits per heavy atom. The molecular formula is C15H16N4O3S. The summed E-state index contributed by atoms with van der Waals surface area (Å²) in [7, 11) is 0. The number of thiophene rings is 1. The van der Waals surface area contributed by atoms with Gasteiger partial charge in [-0.25, -0.2) is 0 Å². The maximum atomic E-state index is 12.3. The lowest BCUT2D eigenvalue weighted by atomic mass is 10.2. The summed E-state index contributed by atoms with van der Waals surface area (Å²) in [5.74, 6) is -0.00700. The summed E-state index contributed by atoms with van der Waals surface area (Å²) in [5.41, 5.74) is 0.848. The van der Waals surface area contributed by atoms with Gasteiger partial charge in [-0.3, -0.25) is 4.79 Å². The Bertz CT molecular complexity index is 679. The van der Waals surface area contributed by atoms with Crippen molar-refractivity contribution in [3.8, 4) is 0 Å². The molecule has 120 valence electrons. The van der Waals surface area contributed by atoms with Crippen LogP contribution in [-0.2, 0) is 11.2 Å². The highest BCUT2D eigenvalue weighted by Gasteiger charge is 2.22. The number of hydrogen-bond acceptors (Lipinski definition) is 6. The van der Waals surface area contributed by atoms with E-state index in [-0.39, 0.29) is 11.7 Å². The van der Waals surface area contributed by atoms with E-state index in [1.165, 1.54) is 12.3 Å². The van der Waals surface area contributed by atoms with Crippen LogP contribution in [0, 0.1) is 10.1 Å². The molecule has 1 aliphatic heterocycles. The minimum absolute atomic E-state index is 0.147. The van der Waals surface area contributed by atoms with E-state index in [1.807, 2.05) is 22.4 Å². The van der Waals surface area contributed by atoms with Crippen LogP contribution in [0.5, 0.6) is 0 Å². The van der Waals surface area contributed by atoms with E-state index in [1.54, 1.807) is 17.4 Å². The standard InChI is InChI=1S/C15H16N4O3S/c20-15(10-13-2-1-9-23-13)18-7-5-17(6-8-18)12-3-4-14(16-11-12)19(21)22/h1-4,9,11H,5-8,10H2. The van der Waals surface area contributed by atoms with Crippen molar-refractivity contribution in [2.24, 2.45) is 0 Å². The Kier molecular flexibility index (Phi) is 4.52. The van der Waals surface area contributed by atoms with Crippen LogP contribution in [0.15, 0.2) is 35.8 Å². The molecule has 2 aromatic heterocycles. The SMILES string of the molecule is O=C(Cc1cccs1)N1CCN(c2ccc([N+](=O)[O-])nc2)CC1. The fourth-order valence-electron chi connectivity index (χ4n) is 2.56. The van der Waals surface area contributed by atoms with Crippen molar-refractivity contribution in [2.75, 3.05) is 31.1 Å². The van der Waals surface area contributed by atoms with Crippen molar-refractivity contribution in [1.82, 2.24) is 9.88 Å². The number of aromatic nitrogens is 1. The zero-order chi connectivity index (χ0) is 16.2. The average Bonchev–Trinajstić information content (AvgIpc) is 3.08. The van der Waals surface area contributed by atoms with Gasteiger partial charge in [-0.05, 0) is 27.4 Å². The van der Waals surface area contributed by atoms with Gasteiger partial charge in [-0.1, -0.05) is 6.07 Å². The molecule has 0 radical (unpaired) electrons. The van der Waals surface area contributed by atoms with Gasteiger partial charge in [0.25, 0.3) is 0 Å². The van der Waals surface area contributed by atoms with Crippen molar-refractivity contribution in [2.45, 2.75) is 6.42 Å². The molecule has 3 rings (SSSR count). The van der Waals surface area contributed by atoms with Gasteiger partial charge >= 0.3 is 5.82 Å². The zero-order valence-electron chi connectivity index (χ0n) is 12.4. The topological polar surface area (TPSA) is 79.6 Å². The summed E-state index contributed by atoms with van der Waals surface area (Å²) < 4.78 is 0. The van der Waals surface area contributed by atoms with Crippen molar-refractivity contribution in [1.29, 1.82) is 0 Å². The average molecular weight is 332 g/mol. The molecule has 7 nitrogen and oxygen atoms in total. The molecule has 23 heavy (non-hydrogen) atoms. The molecule has 0 aromatic carbocycles. The monoisotopic (exact) mass is 332 g/mol. The lowest BCUT2D eigenvalue weighted by Crippen LogP contribution is -2.49. The lowest BCUT2D eigenvalue weighted by Gasteiger charge is -2.35. The predicted octanol–water partition coefficient (Wildman–Crippen LogP) is 1.94. The van der Waals surface area contributed by atoms with Crippen LogP contribution in [0.1, 0.15) is 4.88 Å². The quantitative estimate of drug-likeness (QED) is 0.631. The number of nitrogens with zero attached hydrogens (tertiary/aromatic N) is 4. The Balaban J connectivity index is 1.55. The number of pyridine rings is 1. The minimum Gasteiger partial charge on any atom is -0.365 e. The molecular weight excluding hydrogens is 316 g/mol. The maximum Gasteiger partial charge on any atom is 0.363 e. The van der Waals surface area contributed by atoms with E-state index in [2.05, 4.69) is 9.88 Å². The van der Waals surface area contributed by atoms with Crippen LogP contribution >= 0.6 is 11.3 Å². The molecule has 0 atom stereocenters. The highest BCUT2D eigenvalue weighted by molar-refractivity contribution is 7.10. The Morgan fingerprint density at radius 3 is 2.61 bits per heavy atom. The second-order valence-corrected chi connectivity index (χ2v) is 6.29. The number of carbonyl (C=O) groups is 1. The Hall–Kier alpha value is -2.48. The largest absolute Gasteiger partial charge is 0.365 e. The second kappa shape index (κ2) is 6.74. The van der Waals surface area contributed by atoms with Gasteiger partial charge in [-0.15, -0.1) is 11.3 Å². The first-order chi connectivity index (χ1) is 11.1. The molecule has 2 aromatic rings. The first kappa shape index (κ1) is 15.4. The van der Waals surface area contributed by atoms with E-state index in [0.29, 0.717) is 32.6 Å². The van der Waals surface area contributed by atoms with Crippen molar-refractivity contribution in [3.05, 3.63) is 50.8 Å². The minimum atomic E-state index is -0.509. The highest BCUT2D eigenvalue weighted by atomic mass is 32.1. The smallest absolute Gasteiger partial charge is 0.363 e. The van der Waals surface area contributed by atoms with E-state index in [4.69, 9.17) is 0 Å². The molecule has 0 N–H and O–H groups in total. The number of rotatable bonds is 4. The summed E-state index contributed by atoms with van der Waals surface area (Å²) in [4.78, 5) is 31.2. The van der Waals surface area contributed by atoms with Gasteiger partial charge in [0.1, 0.15) is 0 Å². The Labute approximate surface area is 137 Å². The van der Waals surface area contributed by atoms with Crippen LogP contribution in [0.25, 0.3) is 0 Å². The molecule has 0 unspecified atom stereocenters. The number of nitro groups is 1. The van der Waals surface area contributed by atoms with E-state index in [9.17, 15) is 14.9 Å². The number of amides is 1. The molecule has 0 saturated carbocycles. The van der Waals surface area contributed by atoms with Gasteiger partial charge in [-0.2, -0.15) is 0 Å².